The molecule has 0 atom stereocenters. The number of amides is 1. The maximum absolute atomic E-state index is 12.3. The molecule has 0 spiro atoms. The van der Waals surface area contributed by atoms with Crippen molar-refractivity contribution in [3.05, 3.63) is 47.9 Å². The van der Waals surface area contributed by atoms with E-state index in [0.717, 1.165) is 30.0 Å². The Morgan fingerprint density at radius 1 is 1.24 bits per heavy atom. The van der Waals surface area contributed by atoms with Gasteiger partial charge in [0, 0.05) is 32.4 Å². The summed E-state index contributed by atoms with van der Waals surface area (Å²) >= 11 is 0. The smallest absolute Gasteiger partial charge is 0.257 e. The molecule has 1 amide bonds. The summed E-state index contributed by atoms with van der Waals surface area (Å²) in [5.74, 6) is 1.17. The Morgan fingerprint density at radius 2 is 2.05 bits per heavy atom. The van der Waals surface area contributed by atoms with Gasteiger partial charge in [0.25, 0.3) is 5.91 Å². The van der Waals surface area contributed by atoms with Gasteiger partial charge in [-0.05, 0) is 37.1 Å². The highest BCUT2D eigenvalue weighted by atomic mass is 16.1. The number of hydrogen-bond acceptors (Lipinski definition) is 4. The van der Waals surface area contributed by atoms with Gasteiger partial charge in [-0.25, -0.2) is 4.98 Å². The van der Waals surface area contributed by atoms with Gasteiger partial charge in [0.2, 0.25) is 0 Å². The van der Waals surface area contributed by atoms with Gasteiger partial charge in [0.05, 0.1) is 16.9 Å². The highest BCUT2D eigenvalue weighted by molar-refractivity contribution is 6.04. The molecule has 3 rings (SSSR count). The van der Waals surface area contributed by atoms with Crippen molar-refractivity contribution in [1.29, 1.82) is 0 Å². The molecular formula is C16H18N4O. The fourth-order valence-corrected chi connectivity index (χ4v) is 2.18. The minimum Gasteiger partial charge on any atom is -0.363 e. The van der Waals surface area contributed by atoms with Gasteiger partial charge in [0.15, 0.2) is 0 Å². The van der Waals surface area contributed by atoms with Gasteiger partial charge in [-0.1, -0.05) is 0 Å². The lowest BCUT2D eigenvalue weighted by molar-refractivity contribution is 0.102. The van der Waals surface area contributed by atoms with Crippen LogP contribution in [0.15, 0.2) is 36.7 Å². The molecule has 2 heterocycles. The zero-order valence-corrected chi connectivity index (χ0v) is 12.2. The topological polar surface area (TPSA) is 58.1 Å². The van der Waals surface area contributed by atoms with Gasteiger partial charge < -0.3 is 10.2 Å². The molecule has 108 valence electrons. The summed E-state index contributed by atoms with van der Waals surface area (Å²) in [6.07, 6.45) is 5.67. The molecule has 0 aliphatic heterocycles. The zero-order chi connectivity index (χ0) is 14.8. The van der Waals surface area contributed by atoms with Crippen LogP contribution in [0.4, 0.5) is 11.5 Å². The Labute approximate surface area is 124 Å². The Hall–Kier alpha value is -2.43. The molecule has 0 bridgehead atoms. The molecular weight excluding hydrogens is 264 g/mol. The van der Waals surface area contributed by atoms with E-state index in [1.165, 1.54) is 0 Å². The highest BCUT2D eigenvalue weighted by Gasteiger charge is 2.27. The Kier molecular flexibility index (Phi) is 3.56. The van der Waals surface area contributed by atoms with Crippen LogP contribution in [-0.2, 0) is 0 Å². The average Bonchev–Trinajstić information content (AvgIpc) is 3.32. The molecule has 0 radical (unpaired) electrons. The molecule has 1 aliphatic rings. The maximum Gasteiger partial charge on any atom is 0.257 e. The first-order valence-corrected chi connectivity index (χ1v) is 7.05. The van der Waals surface area contributed by atoms with Crippen LogP contribution in [-0.4, -0.2) is 30.0 Å². The van der Waals surface area contributed by atoms with E-state index in [2.05, 4.69) is 15.3 Å². The van der Waals surface area contributed by atoms with Crippen molar-refractivity contribution in [2.75, 3.05) is 24.3 Å². The largest absolute Gasteiger partial charge is 0.363 e. The molecule has 0 aromatic carbocycles. The summed E-state index contributed by atoms with van der Waals surface area (Å²) in [5, 5.41) is 2.94. The Morgan fingerprint density at radius 3 is 2.67 bits per heavy atom. The fourth-order valence-electron chi connectivity index (χ4n) is 2.18. The van der Waals surface area contributed by atoms with Crippen LogP contribution in [0.5, 0.6) is 0 Å². The van der Waals surface area contributed by atoms with Crippen molar-refractivity contribution in [3.8, 4) is 0 Å². The monoisotopic (exact) mass is 282 g/mol. The van der Waals surface area contributed by atoms with Crippen molar-refractivity contribution >= 4 is 17.4 Å². The van der Waals surface area contributed by atoms with E-state index >= 15 is 0 Å². The second-order valence-electron chi connectivity index (χ2n) is 5.46. The molecule has 21 heavy (non-hydrogen) atoms. The standard InChI is InChI=1S/C16H18N4O/c1-20(2)14-8-7-12(10-18-14)16(21)19-13-4-3-9-17-15(13)11-5-6-11/h3-4,7-11H,5-6H2,1-2H3,(H,19,21). The van der Waals surface area contributed by atoms with E-state index in [9.17, 15) is 4.79 Å². The van der Waals surface area contributed by atoms with Crippen molar-refractivity contribution in [2.24, 2.45) is 0 Å². The Bertz CT molecular complexity index is 648. The summed E-state index contributed by atoms with van der Waals surface area (Å²) in [4.78, 5) is 22.8. The third-order valence-electron chi connectivity index (χ3n) is 3.52. The summed E-state index contributed by atoms with van der Waals surface area (Å²) in [5.41, 5.74) is 2.34. The number of anilines is 2. The predicted octanol–water partition coefficient (Wildman–Crippen LogP) is 2.67. The maximum atomic E-state index is 12.3. The quantitative estimate of drug-likeness (QED) is 0.936. The lowest BCUT2D eigenvalue weighted by atomic mass is 10.2. The van der Waals surface area contributed by atoms with E-state index in [0.29, 0.717) is 11.5 Å². The van der Waals surface area contributed by atoms with Crippen LogP contribution in [0.25, 0.3) is 0 Å². The van der Waals surface area contributed by atoms with Crippen LogP contribution in [0, 0.1) is 0 Å². The number of nitrogens with zero attached hydrogens (tertiary/aromatic N) is 3. The number of nitrogens with one attached hydrogen (secondary N) is 1. The molecule has 2 aromatic rings. The highest BCUT2D eigenvalue weighted by Crippen LogP contribution is 2.42. The van der Waals surface area contributed by atoms with Gasteiger partial charge in [-0.3, -0.25) is 9.78 Å². The number of rotatable bonds is 4. The first-order valence-electron chi connectivity index (χ1n) is 7.05. The Balaban J connectivity index is 1.77. The van der Waals surface area contributed by atoms with Gasteiger partial charge >= 0.3 is 0 Å². The second kappa shape index (κ2) is 5.52. The molecule has 0 saturated heterocycles. The van der Waals surface area contributed by atoms with Crippen molar-refractivity contribution < 1.29 is 4.79 Å². The van der Waals surface area contributed by atoms with E-state index < -0.39 is 0 Å². The van der Waals surface area contributed by atoms with Gasteiger partial charge in [0.1, 0.15) is 5.82 Å². The third-order valence-corrected chi connectivity index (χ3v) is 3.52. The molecule has 0 unspecified atom stereocenters. The van der Waals surface area contributed by atoms with E-state index in [-0.39, 0.29) is 5.91 Å². The average molecular weight is 282 g/mol. The van der Waals surface area contributed by atoms with Crippen LogP contribution in [0.3, 0.4) is 0 Å². The van der Waals surface area contributed by atoms with Gasteiger partial charge in [-0.15, -0.1) is 0 Å². The number of aromatic nitrogens is 2. The molecule has 1 N–H and O–H groups in total. The van der Waals surface area contributed by atoms with Crippen molar-refractivity contribution in [1.82, 2.24) is 9.97 Å². The minimum atomic E-state index is -0.150. The van der Waals surface area contributed by atoms with Crippen LogP contribution < -0.4 is 10.2 Å². The van der Waals surface area contributed by atoms with E-state index in [4.69, 9.17) is 0 Å². The van der Waals surface area contributed by atoms with E-state index in [1.807, 2.05) is 37.2 Å². The second-order valence-corrected chi connectivity index (χ2v) is 5.46. The molecule has 1 aliphatic carbocycles. The fraction of sp³-hybridized carbons (Fsp3) is 0.312. The third kappa shape index (κ3) is 3.02. The SMILES string of the molecule is CN(C)c1ccc(C(=O)Nc2cccnc2C2CC2)cn1. The van der Waals surface area contributed by atoms with Crippen LogP contribution in [0.1, 0.15) is 34.8 Å². The lowest BCUT2D eigenvalue weighted by Crippen LogP contribution is -2.15. The van der Waals surface area contributed by atoms with Crippen LogP contribution >= 0.6 is 0 Å². The number of pyridine rings is 2. The molecule has 1 saturated carbocycles. The summed E-state index contributed by atoms with van der Waals surface area (Å²) in [7, 11) is 3.83. The van der Waals surface area contributed by atoms with Crippen molar-refractivity contribution in [3.63, 3.8) is 0 Å². The molecule has 5 heteroatoms. The summed E-state index contributed by atoms with van der Waals surface area (Å²) in [6.45, 7) is 0. The predicted molar refractivity (Wildman–Crippen MR) is 82.7 cm³/mol. The molecule has 2 aromatic heterocycles. The van der Waals surface area contributed by atoms with Crippen LogP contribution in [0.2, 0.25) is 0 Å². The van der Waals surface area contributed by atoms with E-state index in [1.54, 1.807) is 18.5 Å². The van der Waals surface area contributed by atoms with Crippen molar-refractivity contribution in [2.45, 2.75) is 18.8 Å². The number of carbonyl (C=O) groups is 1. The lowest BCUT2D eigenvalue weighted by Gasteiger charge is -2.12. The first-order chi connectivity index (χ1) is 10.1. The summed E-state index contributed by atoms with van der Waals surface area (Å²) < 4.78 is 0. The first kappa shape index (κ1) is 13.5. The van der Waals surface area contributed by atoms with Gasteiger partial charge in [-0.2, -0.15) is 0 Å². The normalized spacial score (nSPS) is 13.8. The number of carbonyl (C=O) groups excluding carboxylic acids is 1. The minimum absolute atomic E-state index is 0.150. The molecule has 5 nitrogen and oxygen atoms in total. The number of hydrogen-bond donors (Lipinski definition) is 1. The molecule has 1 fully saturated rings. The summed E-state index contributed by atoms with van der Waals surface area (Å²) in [6, 6.07) is 7.36. The zero-order valence-electron chi connectivity index (χ0n) is 12.2.